The van der Waals surface area contributed by atoms with Gasteiger partial charge in [0.15, 0.2) is 0 Å². The van der Waals surface area contributed by atoms with Crippen LogP contribution in [-0.4, -0.2) is 30.2 Å². The van der Waals surface area contributed by atoms with Gasteiger partial charge < -0.3 is 10.2 Å². The highest BCUT2D eigenvalue weighted by Crippen LogP contribution is 2.33. The molecule has 3 nitrogen and oxygen atoms in total. The van der Waals surface area contributed by atoms with Crippen LogP contribution in [0.2, 0.25) is 0 Å². The van der Waals surface area contributed by atoms with E-state index < -0.39 is 0 Å². The third-order valence-corrected chi connectivity index (χ3v) is 4.26. The zero-order valence-corrected chi connectivity index (χ0v) is 10.6. The second-order valence-corrected chi connectivity index (χ2v) is 5.44. The molecule has 17 heavy (non-hydrogen) atoms. The summed E-state index contributed by atoms with van der Waals surface area (Å²) in [5.41, 5.74) is 2.86. The van der Waals surface area contributed by atoms with Gasteiger partial charge in [0.1, 0.15) is 0 Å². The van der Waals surface area contributed by atoms with Gasteiger partial charge >= 0.3 is 0 Å². The van der Waals surface area contributed by atoms with Crippen LogP contribution in [0.3, 0.4) is 0 Å². The molecule has 0 aromatic carbocycles. The fourth-order valence-corrected chi connectivity index (χ4v) is 3.36. The molecule has 0 radical (unpaired) electrons. The van der Waals surface area contributed by atoms with Gasteiger partial charge in [-0.3, -0.25) is 4.98 Å². The summed E-state index contributed by atoms with van der Waals surface area (Å²) in [6.07, 6.45) is 7.32. The molecule has 0 atom stereocenters. The number of aryl methyl sites for hydroxylation is 1. The van der Waals surface area contributed by atoms with E-state index in [1.807, 2.05) is 12.3 Å². The molecular weight excluding hydrogens is 210 g/mol. The van der Waals surface area contributed by atoms with E-state index in [1.54, 1.807) is 0 Å². The first-order valence-electron chi connectivity index (χ1n) is 6.71. The van der Waals surface area contributed by atoms with Crippen molar-refractivity contribution in [2.75, 3.05) is 24.5 Å². The van der Waals surface area contributed by atoms with E-state index in [4.69, 9.17) is 0 Å². The smallest absolute Gasteiger partial charge is 0.0605 e. The Hall–Kier alpha value is -1.09. The Bertz CT molecular complexity index is 396. The molecule has 3 heteroatoms. The maximum Gasteiger partial charge on any atom is 0.0605 e. The van der Waals surface area contributed by atoms with Crippen molar-refractivity contribution in [3.8, 4) is 0 Å². The first kappa shape index (κ1) is 11.0. The number of anilines is 1. The lowest BCUT2D eigenvalue weighted by atomic mass is 9.94. The van der Waals surface area contributed by atoms with Crippen molar-refractivity contribution >= 4 is 5.69 Å². The van der Waals surface area contributed by atoms with Gasteiger partial charge in [0.2, 0.25) is 0 Å². The monoisotopic (exact) mass is 231 g/mol. The first-order valence-corrected chi connectivity index (χ1v) is 6.71. The number of nitrogens with one attached hydrogen (secondary N) is 1. The minimum absolute atomic E-state index is 0.389. The van der Waals surface area contributed by atoms with Crippen LogP contribution in [0.15, 0.2) is 18.3 Å². The standard InChI is InChI=1S/C14H21N3/c1-12-13(5-4-8-15-12)17-10-9-16-14(11-17)6-2-3-7-14/h4-5,8,16H,2-3,6-7,9-11H2,1H3. The van der Waals surface area contributed by atoms with Crippen LogP contribution in [0.5, 0.6) is 0 Å². The maximum absolute atomic E-state index is 4.41. The van der Waals surface area contributed by atoms with Gasteiger partial charge in [-0.05, 0) is 31.9 Å². The van der Waals surface area contributed by atoms with Crippen molar-refractivity contribution in [2.24, 2.45) is 0 Å². The summed E-state index contributed by atoms with van der Waals surface area (Å²) < 4.78 is 0. The van der Waals surface area contributed by atoms with Gasteiger partial charge in [-0.1, -0.05) is 12.8 Å². The van der Waals surface area contributed by atoms with Crippen molar-refractivity contribution in [2.45, 2.75) is 38.1 Å². The Morgan fingerprint density at radius 3 is 2.94 bits per heavy atom. The molecule has 1 N–H and O–H groups in total. The highest BCUT2D eigenvalue weighted by molar-refractivity contribution is 5.50. The Balaban J connectivity index is 1.82. The molecular formula is C14H21N3. The molecule has 1 aromatic rings. The van der Waals surface area contributed by atoms with Gasteiger partial charge in [0.05, 0.1) is 11.4 Å². The third-order valence-electron chi connectivity index (χ3n) is 4.26. The zero-order valence-electron chi connectivity index (χ0n) is 10.6. The lowest BCUT2D eigenvalue weighted by molar-refractivity contribution is 0.303. The van der Waals surface area contributed by atoms with Gasteiger partial charge in [0.25, 0.3) is 0 Å². The van der Waals surface area contributed by atoms with Crippen molar-refractivity contribution in [1.82, 2.24) is 10.3 Å². The van der Waals surface area contributed by atoms with Gasteiger partial charge in [-0.2, -0.15) is 0 Å². The number of aromatic nitrogens is 1. The van der Waals surface area contributed by atoms with Crippen LogP contribution < -0.4 is 10.2 Å². The lowest BCUT2D eigenvalue weighted by Crippen LogP contribution is -2.59. The molecule has 2 fully saturated rings. The van der Waals surface area contributed by atoms with Gasteiger partial charge in [0, 0.05) is 31.4 Å². The van der Waals surface area contributed by atoms with E-state index in [9.17, 15) is 0 Å². The molecule has 2 heterocycles. The molecule has 1 aromatic heterocycles. The number of hydrogen-bond acceptors (Lipinski definition) is 3. The third kappa shape index (κ3) is 2.04. The summed E-state index contributed by atoms with van der Waals surface area (Å²) in [5, 5.41) is 3.75. The minimum atomic E-state index is 0.389. The average Bonchev–Trinajstić information content (AvgIpc) is 2.78. The predicted molar refractivity (Wildman–Crippen MR) is 70.4 cm³/mol. The van der Waals surface area contributed by atoms with Crippen LogP contribution in [0.25, 0.3) is 0 Å². The summed E-state index contributed by atoms with van der Waals surface area (Å²) in [6.45, 7) is 5.47. The molecule has 2 aliphatic rings. The van der Waals surface area contributed by atoms with E-state index >= 15 is 0 Å². The molecule has 92 valence electrons. The number of pyridine rings is 1. The minimum Gasteiger partial charge on any atom is -0.367 e. The highest BCUT2D eigenvalue weighted by atomic mass is 15.2. The van der Waals surface area contributed by atoms with Crippen LogP contribution >= 0.6 is 0 Å². The maximum atomic E-state index is 4.41. The number of piperazine rings is 1. The Morgan fingerprint density at radius 2 is 2.18 bits per heavy atom. The molecule has 3 rings (SSSR count). The molecule has 1 spiro atoms. The fraction of sp³-hybridized carbons (Fsp3) is 0.643. The molecule has 0 unspecified atom stereocenters. The quantitative estimate of drug-likeness (QED) is 0.802. The van der Waals surface area contributed by atoms with Crippen molar-refractivity contribution in [3.63, 3.8) is 0 Å². The van der Waals surface area contributed by atoms with Crippen LogP contribution in [0.1, 0.15) is 31.4 Å². The molecule has 0 amide bonds. The van der Waals surface area contributed by atoms with Crippen molar-refractivity contribution < 1.29 is 0 Å². The van der Waals surface area contributed by atoms with Gasteiger partial charge in [-0.15, -0.1) is 0 Å². The Labute approximate surface area is 103 Å². The molecule has 1 aliphatic carbocycles. The fourth-order valence-electron chi connectivity index (χ4n) is 3.36. The average molecular weight is 231 g/mol. The number of hydrogen-bond donors (Lipinski definition) is 1. The summed E-state index contributed by atoms with van der Waals surface area (Å²) in [7, 11) is 0. The van der Waals surface area contributed by atoms with E-state index in [2.05, 4.69) is 28.2 Å². The first-order chi connectivity index (χ1) is 8.29. The molecule has 1 saturated heterocycles. The van der Waals surface area contributed by atoms with Crippen LogP contribution in [0.4, 0.5) is 5.69 Å². The van der Waals surface area contributed by atoms with Crippen molar-refractivity contribution in [1.29, 1.82) is 0 Å². The Morgan fingerprint density at radius 1 is 1.35 bits per heavy atom. The second kappa shape index (κ2) is 4.30. The zero-order chi connectivity index (χ0) is 11.7. The summed E-state index contributed by atoms with van der Waals surface area (Å²) in [6, 6.07) is 4.25. The van der Waals surface area contributed by atoms with Crippen LogP contribution in [-0.2, 0) is 0 Å². The van der Waals surface area contributed by atoms with E-state index in [-0.39, 0.29) is 0 Å². The van der Waals surface area contributed by atoms with Crippen LogP contribution in [0, 0.1) is 6.92 Å². The normalized spacial score (nSPS) is 23.2. The van der Waals surface area contributed by atoms with E-state index in [1.165, 1.54) is 31.4 Å². The Kier molecular flexibility index (Phi) is 2.79. The second-order valence-electron chi connectivity index (χ2n) is 5.44. The molecule has 1 saturated carbocycles. The predicted octanol–water partition coefficient (Wildman–Crippen LogP) is 2.11. The molecule has 0 bridgehead atoms. The summed E-state index contributed by atoms with van der Waals surface area (Å²) in [4.78, 5) is 6.93. The highest BCUT2D eigenvalue weighted by Gasteiger charge is 2.37. The summed E-state index contributed by atoms with van der Waals surface area (Å²) in [5.74, 6) is 0. The van der Waals surface area contributed by atoms with Crippen molar-refractivity contribution in [3.05, 3.63) is 24.0 Å². The number of rotatable bonds is 1. The topological polar surface area (TPSA) is 28.2 Å². The lowest BCUT2D eigenvalue weighted by Gasteiger charge is -2.43. The van der Waals surface area contributed by atoms with Gasteiger partial charge in [-0.25, -0.2) is 0 Å². The summed E-state index contributed by atoms with van der Waals surface area (Å²) >= 11 is 0. The largest absolute Gasteiger partial charge is 0.367 e. The molecule has 1 aliphatic heterocycles. The SMILES string of the molecule is Cc1ncccc1N1CCNC2(CCCC2)C1. The van der Waals surface area contributed by atoms with E-state index in [0.29, 0.717) is 5.54 Å². The van der Waals surface area contributed by atoms with E-state index in [0.717, 1.165) is 25.3 Å². The number of nitrogens with zero attached hydrogens (tertiary/aromatic N) is 2.